The number of halogens is 2. The van der Waals surface area contributed by atoms with Gasteiger partial charge in [-0.15, -0.1) is 0 Å². The number of aromatic amines is 1. The molecule has 8 nitrogen and oxygen atoms in total. The number of H-pyrrole nitrogens is 1. The van der Waals surface area contributed by atoms with Gasteiger partial charge in [0.25, 0.3) is 0 Å². The van der Waals surface area contributed by atoms with E-state index in [-0.39, 0.29) is 18.2 Å². The molecule has 0 saturated carbocycles. The van der Waals surface area contributed by atoms with Gasteiger partial charge in [0.1, 0.15) is 5.75 Å². The summed E-state index contributed by atoms with van der Waals surface area (Å²) in [6.45, 7) is 2.40. The van der Waals surface area contributed by atoms with Crippen LogP contribution in [0.5, 0.6) is 5.75 Å². The molecule has 0 radical (unpaired) electrons. The van der Waals surface area contributed by atoms with Gasteiger partial charge in [0.05, 0.1) is 25.4 Å². The van der Waals surface area contributed by atoms with Gasteiger partial charge in [-0.1, -0.05) is 6.07 Å². The van der Waals surface area contributed by atoms with Crippen LogP contribution < -0.4 is 10.1 Å². The topological polar surface area (TPSA) is 97.9 Å². The van der Waals surface area contributed by atoms with Gasteiger partial charge < -0.3 is 29.9 Å². The summed E-state index contributed by atoms with van der Waals surface area (Å²) in [5, 5.41) is 13.7. The number of hydrogen-bond donors (Lipinski definition) is 3. The van der Waals surface area contributed by atoms with E-state index >= 15 is 0 Å². The number of anilines is 1. The molecule has 3 amide bonds. The van der Waals surface area contributed by atoms with Crippen LogP contribution in [-0.2, 0) is 10.2 Å². The number of aliphatic hydroxyl groups excluding tert-OH is 1. The number of urea groups is 1. The highest BCUT2D eigenvalue weighted by atomic mass is 19.2. The highest BCUT2D eigenvalue weighted by Gasteiger charge is 2.48. The van der Waals surface area contributed by atoms with Gasteiger partial charge in [0.2, 0.25) is 5.91 Å². The van der Waals surface area contributed by atoms with Crippen LogP contribution >= 0.6 is 0 Å². The Labute approximate surface area is 206 Å². The molecule has 2 aliphatic heterocycles. The first-order chi connectivity index (χ1) is 17.3. The number of fused-ring (bicyclic) bond motifs is 4. The second-order valence-electron chi connectivity index (χ2n) is 9.47. The molecule has 5 rings (SSSR count). The summed E-state index contributed by atoms with van der Waals surface area (Å²) in [6, 6.07) is 8.39. The molecule has 3 N–H and O–H groups in total. The van der Waals surface area contributed by atoms with Crippen LogP contribution in [0.4, 0.5) is 19.3 Å². The zero-order valence-corrected chi connectivity index (χ0v) is 20.1. The van der Waals surface area contributed by atoms with Gasteiger partial charge in [-0.2, -0.15) is 0 Å². The van der Waals surface area contributed by atoms with Gasteiger partial charge in [0.15, 0.2) is 11.6 Å². The number of benzene rings is 2. The minimum Gasteiger partial charge on any atom is -0.497 e. The lowest BCUT2D eigenvalue weighted by atomic mass is 9.68. The highest BCUT2D eigenvalue weighted by molar-refractivity contribution is 5.90. The number of amides is 3. The number of piperidine rings is 1. The van der Waals surface area contributed by atoms with Crippen molar-refractivity contribution < 1.29 is 28.2 Å². The Morgan fingerprint density at radius 3 is 2.64 bits per heavy atom. The van der Waals surface area contributed by atoms with Crippen LogP contribution in [0.15, 0.2) is 36.4 Å². The number of methoxy groups -OCH3 is 1. The number of aliphatic hydroxyl groups is 1. The van der Waals surface area contributed by atoms with Crippen molar-refractivity contribution in [2.24, 2.45) is 0 Å². The van der Waals surface area contributed by atoms with Crippen molar-refractivity contribution in [3.05, 3.63) is 59.3 Å². The van der Waals surface area contributed by atoms with Crippen LogP contribution in [0, 0.1) is 11.6 Å². The number of ether oxygens (including phenoxy) is 1. The lowest BCUT2D eigenvalue weighted by Gasteiger charge is -2.50. The molecule has 190 valence electrons. The Bertz CT molecular complexity index is 1330. The van der Waals surface area contributed by atoms with E-state index < -0.39 is 29.1 Å². The average Bonchev–Trinajstić information content (AvgIpc) is 3.26. The van der Waals surface area contributed by atoms with E-state index in [0.717, 1.165) is 28.2 Å². The quantitative estimate of drug-likeness (QED) is 0.510. The molecule has 1 atom stereocenters. The minimum absolute atomic E-state index is 0.142. The first-order valence-corrected chi connectivity index (χ1v) is 11.9. The van der Waals surface area contributed by atoms with Crippen molar-refractivity contribution in [1.82, 2.24) is 14.8 Å². The summed E-state index contributed by atoms with van der Waals surface area (Å²) in [7, 11) is 1.59. The zero-order valence-electron chi connectivity index (χ0n) is 20.1. The Kier molecular flexibility index (Phi) is 6.07. The largest absolute Gasteiger partial charge is 0.497 e. The Hall–Kier alpha value is -3.66. The van der Waals surface area contributed by atoms with Crippen LogP contribution in [0.1, 0.15) is 37.1 Å². The molecule has 10 heteroatoms. The molecule has 2 aromatic carbocycles. The zero-order chi connectivity index (χ0) is 25.6. The number of nitrogens with one attached hydrogen (secondary N) is 2. The Balaban J connectivity index is 1.47. The van der Waals surface area contributed by atoms with Crippen LogP contribution in [-0.4, -0.2) is 65.2 Å². The molecule has 0 bridgehead atoms. The van der Waals surface area contributed by atoms with E-state index in [1.807, 2.05) is 18.2 Å². The van der Waals surface area contributed by atoms with Crippen molar-refractivity contribution >= 4 is 28.5 Å². The lowest BCUT2D eigenvalue weighted by molar-refractivity contribution is -0.134. The number of nitrogens with zero attached hydrogens (tertiary/aromatic N) is 2. The Morgan fingerprint density at radius 1 is 1.22 bits per heavy atom. The lowest BCUT2D eigenvalue weighted by Crippen LogP contribution is -2.55. The van der Waals surface area contributed by atoms with E-state index in [0.29, 0.717) is 38.2 Å². The summed E-state index contributed by atoms with van der Waals surface area (Å²) in [5.74, 6) is -1.58. The fraction of sp³-hybridized carbons (Fsp3) is 0.385. The highest BCUT2D eigenvalue weighted by Crippen LogP contribution is 2.49. The van der Waals surface area contributed by atoms with E-state index in [1.54, 1.807) is 16.9 Å². The summed E-state index contributed by atoms with van der Waals surface area (Å²) in [4.78, 5) is 32.1. The molecule has 1 saturated heterocycles. The van der Waals surface area contributed by atoms with Crippen molar-refractivity contribution in [2.75, 3.05) is 38.7 Å². The molecule has 0 unspecified atom stereocenters. The van der Waals surface area contributed by atoms with Crippen molar-refractivity contribution in [3.63, 3.8) is 0 Å². The fourth-order valence-electron chi connectivity index (χ4n) is 5.68. The summed E-state index contributed by atoms with van der Waals surface area (Å²) < 4.78 is 33.0. The second kappa shape index (κ2) is 9.09. The third-order valence-corrected chi connectivity index (χ3v) is 7.53. The van der Waals surface area contributed by atoms with Gasteiger partial charge in [-0.05, 0) is 42.7 Å². The monoisotopic (exact) mass is 498 g/mol. The van der Waals surface area contributed by atoms with E-state index in [9.17, 15) is 23.5 Å². The number of hydrogen-bond acceptors (Lipinski definition) is 4. The SMILES string of the molecule is COc1ccc2c3c([nH]c2c1)[C@H](CO)N(C(C)=O)CC31CCN(C(=O)Nc2cccc(F)c2F)CC1. The van der Waals surface area contributed by atoms with Gasteiger partial charge in [0, 0.05) is 54.6 Å². The molecule has 36 heavy (non-hydrogen) atoms. The van der Waals surface area contributed by atoms with Crippen molar-refractivity contribution in [3.8, 4) is 5.75 Å². The number of carbonyl (C=O) groups is 2. The van der Waals surface area contributed by atoms with Gasteiger partial charge in [-0.25, -0.2) is 13.6 Å². The van der Waals surface area contributed by atoms with Gasteiger partial charge >= 0.3 is 6.03 Å². The number of carbonyl (C=O) groups excluding carboxylic acids is 2. The van der Waals surface area contributed by atoms with E-state index in [2.05, 4.69) is 10.3 Å². The number of aromatic nitrogens is 1. The molecule has 3 aromatic rings. The van der Waals surface area contributed by atoms with E-state index in [4.69, 9.17) is 4.74 Å². The molecule has 0 aliphatic carbocycles. The maximum Gasteiger partial charge on any atom is 0.321 e. The molecule has 3 heterocycles. The average molecular weight is 499 g/mol. The van der Waals surface area contributed by atoms with Crippen LogP contribution in [0.3, 0.4) is 0 Å². The van der Waals surface area contributed by atoms with Crippen LogP contribution in [0.2, 0.25) is 0 Å². The van der Waals surface area contributed by atoms with Crippen molar-refractivity contribution in [2.45, 2.75) is 31.2 Å². The predicted molar refractivity (Wildman–Crippen MR) is 130 cm³/mol. The first-order valence-electron chi connectivity index (χ1n) is 11.9. The summed E-state index contributed by atoms with van der Waals surface area (Å²) >= 11 is 0. The normalized spacial score (nSPS) is 18.9. The predicted octanol–water partition coefficient (Wildman–Crippen LogP) is 3.92. The van der Waals surface area contributed by atoms with Crippen molar-refractivity contribution in [1.29, 1.82) is 0 Å². The molecule has 1 fully saturated rings. The summed E-state index contributed by atoms with van der Waals surface area (Å²) in [6.07, 6.45) is 1.11. The molecule has 1 spiro atoms. The summed E-state index contributed by atoms with van der Waals surface area (Å²) in [5.41, 5.74) is 2.04. The molecule has 1 aromatic heterocycles. The smallest absolute Gasteiger partial charge is 0.321 e. The van der Waals surface area contributed by atoms with Gasteiger partial charge in [-0.3, -0.25) is 4.79 Å². The molecule has 2 aliphatic rings. The molecular weight excluding hydrogens is 470 g/mol. The Morgan fingerprint density at radius 2 is 1.97 bits per heavy atom. The fourth-order valence-corrected chi connectivity index (χ4v) is 5.68. The maximum atomic E-state index is 14.1. The number of rotatable bonds is 3. The molecular formula is C26H28F2N4O4. The third kappa shape index (κ3) is 3.85. The van der Waals surface area contributed by atoms with Crippen LogP contribution in [0.25, 0.3) is 10.9 Å². The maximum absolute atomic E-state index is 14.1. The third-order valence-electron chi connectivity index (χ3n) is 7.53. The van der Waals surface area contributed by atoms with E-state index in [1.165, 1.54) is 19.1 Å². The number of likely N-dealkylation sites (tertiary alicyclic amines) is 1. The minimum atomic E-state index is -1.10. The first kappa shape index (κ1) is 24.1. The standard InChI is InChI=1S/C26H28F2N4O4/c1-15(34)32-14-26(22-17-7-6-16(36-2)12-20(17)29-24(22)21(32)13-33)8-10-31(11-9-26)25(35)30-19-5-3-4-18(27)23(19)28/h3-7,12,21,29,33H,8-11,13-14H2,1-2H3,(H,30,35)/t21-/m0/s1. The second-order valence-corrected chi connectivity index (χ2v) is 9.47.